The average molecular weight is 316 g/mol. The number of nitrogens with zero attached hydrogens (tertiary/aromatic N) is 3. The molecule has 0 aliphatic rings. The van der Waals surface area contributed by atoms with Crippen molar-refractivity contribution in [2.45, 2.75) is 0 Å². The highest BCUT2D eigenvalue weighted by atomic mass is 79.9. The van der Waals surface area contributed by atoms with Crippen LogP contribution in [-0.4, -0.2) is 22.1 Å². The maximum Gasteiger partial charge on any atom is 0.224 e. The van der Waals surface area contributed by atoms with Crippen LogP contribution < -0.4 is 4.74 Å². The molecule has 0 unspecified atom stereocenters. The van der Waals surface area contributed by atoms with Gasteiger partial charge in [-0.3, -0.25) is 4.98 Å². The number of aromatic nitrogens is 3. The molecular weight excluding hydrogens is 306 g/mol. The van der Waals surface area contributed by atoms with Crippen LogP contribution in [0.5, 0.6) is 5.88 Å². The first-order valence-electron chi connectivity index (χ1n) is 5.69. The summed E-state index contributed by atoms with van der Waals surface area (Å²) in [5.74, 6) is 1.17. The second-order valence-electron chi connectivity index (χ2n) is 3.96. The van der Waals surface area contributed by atoms with E-state index in [0.717, 1.165) is 20.9 Å². The number of halogens is 1. The zero-order valence-electron chi connectivity index (χ0n) is 10.2. The van der Waals surface area contributed by atoms with E-state index in [0.29, 0.717) is 11.7 Å². The lowest BCUT2D eigenvalue weighted by Crippen LogP contribution is -1.96. The molecule has 0 saturated carbocycles. The molecule has 0 saturated heterocycles. The molecule has 0 aliphatic carbocycles. The Morgan fingerprint density at radius 2 is 2.05 bits per heavy atom. The van der Waals surface area contributed by atoms with Crippen LogP contribution in [0.15, 0.2) is 47.2 Å². The minimum Gasteiger partial charge on any atom is -0.480 e. The Balaban J connectivity index is 2.26. The van der Waals surface area contributed by atoms with Crippen LogP contribution in [0, 0.1) is 0 Å². The molecule has 0 spiro atoms. The molecule has 0 aliphatic heterocycles. The maximum absolute atomic E-state index is 5.35. The number of methoxy groups -OCH3 is 1. The van der Waals surface area contributed by atoms with Gasteiger partial charge in [-0.1, -0.05) is 15.9 Å². The molecule has 4 nitrogen and oxygen atoms in total. The van der Waals surface area contributed by atoms with Crippen LogP contribution in [-0.2, 0) is 0 Å². The minimum absolute atomic E-state index is 0.560. The van der Waals surface area contributed by atoms with Gasteiger partial charge < -0.3 is 4.74 Å². The summed E-state index contributed by atoms with van der Waals surface area (Å²) in [5, 5.41) is 0.879. The van der Waals surface area contributed by atoms with Crippen molar-refractivity contribution in [2.75, 3.05) is 7.11 Å². The normalized spacial score (nSPS) is 10.6. The molecule has 94 valence electrons. The summed E-state index contributed by atoms with van der Waals surface area (Å²) in [4.78, 5) is 13.1. The molecule has 2 heterocycles. The van der Waals surface area contributed by atoms with E-state index >= 15 is 0 Å². The van der Waals surface area contributed by atoms with Crippen molar-refractivity contribution >= 4 is 26.8 Å². The smallest absolute Gasteiger partial charge is 0.224 e. The third-order valence-corrected chi connectivity index (χ3v) is 3.23. The topological polar surface area (TPSA) is 47.9 Å². The van der Waals surface area contributed by atoms with Crippen molar-refractivity contribution in [3.8, 4) is 17.3 Å². The molecule has 19 heavy (non-hydrogen) atoms. The monoisotopic (exact) mass is 315 g/mol. The summed E-state index contributed by atoms with van der Waals surface area (Å²) in [5.41, 5.74) is 1.71. The van der Waals surface area contributed by atoms with Crippen LogP contribution in [0.25, 0.3) is 22.3 Å². The third-order valence-electron chi connectivity index (χ3n) is 2.74. The van der Waals surface area contributed by atoms with Crippen LogP contribution >= 0.6 is 15.9 Å². The van der Waals surface area contributed by atoms with Gasteiger partial charge in [0, 0.05) is 22.4 Å². The fourth-order valence-corrected chi connectivity index (χ4v) is 2.21. The van der Waals surface area contributed by atoms with Crippen LogP contribution in [0.1, 0.15) is 0 Å². The second kappa shape index (κ2) is 4.93. The SMILES string of the molecule is COc1nc(-c2cccnc2)nc2ccc(Br)cc12. The Kier molecular flexibility index (Phi) is 3.13. The molecule has 3 rings (SSSR count). The van der Waals surface area contributed by atoms with Gasteiger partial charge in [-0.15, -0.1) is 0 Å². The van der Waals surface area contributed by atoms with Gasteiger partial charge in [0.05, 0.1) is 18.0 Å². The predicted octanol–water partition coefficient (Wildman–Crippen LogP) is 3.46. The number of fused-ring (bicyclic) bond motifs is 1. The summed E-state index contributed by atoms with van der Waals surface area (Å²) in [6, 6.07) is 9.61. The largest absolute Gasteiger partial charge is 0.480 e. The van der Waals surface area contributed by atoms with Gasteiger partial charge in [-0.2, -0.15) is 4.98 Å². The van der Waals surface area contributed by atoms with Crippen LogP contribution in [0.2, 0.25) is 0 Å². The molecule has 0 atom stereocenters. The van der Waals surface area contributed by atoms with Crippen LogP contribution in [0.4, 0.5) is 0 Å². The Bertz CT molecular complexity index is 731. The lowest BCUT2D eigenvalue weighted by Gasteiger charge is -2.07. The highest BCUT2D eigenvalue weighted by molar-refractivity contribution is 9.10. The van der Waals surface area contributed by atoms with Crippen molar-refractivity contribution in [2.24, 2.45) is 0 Å². The van der Waals surface area contributed by atoms with Crippen molar-refractivity contribution in [3.05, 3.63) is 47.2 Å². The quantitative estimate of drug-likeness (QED) is 0.726. The molecule has 0 fully saturated rings. The van der Waals surface area contributed by atoms with Crippen molar-refractivity contribution in [1.29, 1.82) is 0 Å². The number of hydrogen-bond donors (Lipinski definition) is 0. The summed E-state index contributed by atoms with van der Waals surface area (Å²) >= 11 is 3.44. The highest BCUT2D eigenvalue weighted by Gasteiger charge is 2.10. The van der Waals surface area contributed by atoms with Crippen LogP contribution in [0.3, 0.4) is 0 Å². The van der Waals surface area contributed by atoms with E-state index < -0.39 is 0 Å². The number of rotatable bonds is 2. The maximum atomic E-state index is 5.35. The first-order valence-corrected chi connectivity index (χ1v) is 6.49. The van der Waals surface area contributed by atoms with Gasteiger partial charge in [0.15, 0.2) is 5.82 Å². The fraction of sp³-hybridized carbons (Fsp3) is 0.0714. The highest BCUT2D eigenvalue weighted by Crippen LogP contribution is 2.28. The summed E-state index contributed by atoms with van der Waals surface area (Å²) in [6.07, 6.45) is 3.46. The van der Waals surface area contributed by atoms with E-state index in [1.807, 2.05) is 30.3 Å². The molecular formula is C14H10BrN3O. The number of ether oxygens (including phenoxy) is 1. The van der Waals surface area contributed by atoms with E-state index in [1.54, 1.807) is 19.5 Å². The minimum atomic E-state index is 0.560. The summed E-state index contributed by atoms with van der Waals surface area (Å²) < 4.78 is 6.32. The van der Waals surface area contributed by atoms with Gasteiger partial charge in [0.25, 0.3) is 0 Å². The van der Waals surface area contributed by atoms with Gasteiger partial charge in [0.1, 0.15) is 0 Å². The molecule has 0 bridgehead atoms. The van der Waals surface area contributed by atoms with Crippen molar-refractivity contribution in [1.82, 2.24) is 15.0 Å². The number of benzene rings is 1. The van der Waals surface area contributed by atoms with E-state index in [4.69, 9.17) is 4.74 Å². The van der Waals surface area contributed by atoms with E-state index in [2.05, 4.69) is 30.9 Å². The standard InChI is InChI=1S/C14H10BrN3O/c1-19-14-11-7-10(15)4-5-12(11)17-13(18-14)9-3-2-6-16-8-9/h2-8H,1H3. The Morgan fingerprint density at radius 3 is 2.79 bits per heavy atom. The lowest BCUT2D eigenvalue weighted by atomic mass is 10.2. The van der Waals surface area contributed by atoms with E-state index in [1.165, 1.54) is 0 Å². The molecule has 5 heteroatoms. The Morgan fingerprint density at radius 1 is 1.16 bits per heavy atom. The van der Waals surface area contributed by atoms with Gasteiger partial charge in [0.2, 0.25) is 5.88 Å². The summed E-state index contributed by atoms with van der Waals surface area (Å²) in [7, 11) is 1.61. The molecule has 1 aromatic carbocycles. The summed E-state index contributed by atoms with van der Waals surface area (Å²) in [6.45, 7) is 0. The Hall–Kier alpha value is -2.01. The number of pyridine rings is 1. The lowest BCUT2D eigenvalue weighted by molar-refractivity contribution is 0.403. The van der Waals surface area contributed by atoms with E-state index in [-0.39, 0.29) is 0 Å². The Labute approximate surface area is 118 Å². The fourth-order valence-electron chi connectivity index (χ4n) is 1.85. The third kappa shape index (κ3) is 2.29. The zero-order chi connectivity index (χ0) is 13.2. The molecule has 2 aromatic heterocycles. The van der Waals surface area contributed by atoms with Gasteiger partial charge >= 0.3 is 0 Å². The first-order chi connectivity index (χ1) is 9.28. The predicted molar refractivity (Wildman–Crippen MR) is 77.0 cm³/mol. The second-order valence-corrected chi connectivity index (χ2v) is 4.88. The van der Waals surface area contributed by atoms with Crippen molar-refractivity contribution < 1.29 is 4.74 Å². The van der Waals surface area contributed by atoms with Gasteiger partial charge in [-0.05, 0) is 30.3 Å². The van der Waals surface area contributed by atoms with Crippen molar-refractivity contribution in [3.63, 3.8) is 0 Å². The average Bonchev–Trinajstić information content (AvgIpc) is 2.47. The molecule has 0 N–H and O–H groups in total. The van der Waals surface area contributed by atoms with Gasteiger partial charge in [-0.25, -0.2) is 4.98 Å². The zero-order valence-corrected chi connectivity index (χ0v) is 11.8. The first kappa shape index (κ1) is 12.0. The molecule has 3 aromatic rings. The number of hydrogen-bond acceptors (Lipinski definition) is 4. The molecule has 0 amide bonds. The van der Waals surface area contributed by atoms with E-state index in [9.17, 15) is 0 Å². The molecule has 0 radical (unpaired) electrons.